The smallest absolute Gasteiger partial charge is 0.167 e. The number of hydrogen-bond donors (Lipinski definition) is 1. The number of nitrogens with zero attached hydrogens (tertiary/aromatic N) is 3. The number of rotatable bonds is 4. The van der Waals surface area contributed by atoms with Gasteiger partial charge in [0.1, 0.15) is 17.5 Å². The van der Waals surface area contributed by atoms with Crippen LogP contribution in [0.4, 0.5) is 0 Å². The fraction of sp³-hybridized carbons (Fsp3) is 0.0952. The zero-order valence-electron chi connectivity index (χ0n) is 14.4. The second kappa shape index (κ2) is 8.00. The molecule has 0 aliphatic heterocycles. The van der Waals surface area contributed by atoms with Crippen LogP contribution in [0.2, 0.25) is 0 Å². The lowest BCUT2D eigenvalue weighted by Gasteiger charge is -2.15. The van der Waals surface area contributed by atoms with E-state index in [2.05, 4.69) is 16.2 Å². The van der Waals surface area contributed by atoms with E-state index in [0.717, 1.165) is 33.5 Å². The molecule has 5 nitrogen and oxygen atoms in total. The lowest BCUT2D eigenvalue weighted by Crippen LogP contribution is -2.15. The first kappa shape index (κ1) is 18.6. The summed E-state index contributed by atoms with van der Waals surface area (Å²) in [6, 6.07) is 22.9. The Morgan fingerprint density at radius 2 is 1.78 bits per heavy atom. The van der Waals surface area contributed by atoms with Crippen LogP contribution in [0.25, 0.3) is 22.2 Å². The zero-order valence-corrected chi connectivity index (χ0v) is 15.2. The number of benzene rings is 2. The zero-order chi connectivity index (χ0) is 17.9. The Bertz CT molecular complexity index is 1120. The standard InChI is InChI=1S/C21H16N4O.ClH/c22-13-15-7-5-6-14(24-15)12-19(23)16-8-1-2-9-17(16)21-18-10-3-4-11-20(18)26-25-21;/h1-11,19H,12,23H2;1H/t19-;/m0./s1. The second-order valence-electron chi connectivity index (χ2n) is 6.05. The van der Waals surface area contributed by atoms with Gasteiger partial charge < -0.3 is 10.3 Å². The van der Waals surface area contributed by atoms with Gasteiger partial charge in [0.05, 0.1) is 0 Å². The van der Waals surface area contributed by atoms with Crippen molar-refractivity contribution < 1.29 is 4.52 Å². The molecule has 2 aromatic heterocycles. The van der Waals surface area contributed by atoms with Crippen molar-refractivity contribution in [1.82, 2.24) is 10.1 Å². The van der Waals surface area contributed by atoms with Crippen LogP contribution >= 0.6 is 12.4 Å². The maximum atomic E-state index is 9.02. The van der Waals surface area contributed by atoms with Crippen molar-refractivity contribution in [2.75, 3.05) is 0 Å². The van der Waals surface area contributed by atoms with Crippen LogP contribution in [0.15, 0.2) is 71.3 Å². The molecular formula is C21H17ClN4O. The summed E-state index contributed by atoms with van der Waals surface area (Å²) in [7, 11) is 0. The maximum absolute atomic E-state index is 9.02. The number of nitriles is 1. The molecule has 4 rings (SSSR count). The molecule has 134 valence electrons. The van der Waals surface area contributed by atoms with Gasteiger partial charge in [0, 0.05) is 29.1 Å². The Morgan fingerprint density at radius 3 is 2.63 bits per heavy atom. The summed E-state index contributed by atoms with van der Waals surface area (Å²) in [5.74, 6) is 0. The van der Waals surface area contributed by atoms with Crippen LogP contribution in [-0.2, 0) is 6.42 Å². The van der Waals surface area contributed by atoms with Gasteiger partial charge in [-0.05, 0) is 29.8 Å². The number of pyridine rings is 1. The van der Waals surface area contributed by atoms with Gasteiger partial charge >= 0.3 is 0 Å². The van der Waals surface area contributed by atoms with Crippen LogP contribution in [0.5, 0.6) is 0 Å². The number of aromatic nitrogens is 2. The maximum Gasteiger partial charge on any atom is 0.167 e. The van der Waals surface area contributed by atoms with Crippen molar-refractivity contribution in [3.63, 3.8) is 0 Å². The fourth-order valence-corrected chi connectivity index (χ4v) is 3.11. The molecule has 0 fully saturated rings. The van der Waals surface area contributed by atoms with Gasteiger partial charge in [0.15, 0.2) is 5.58 Å². The average Bonchev–Trinajstić information content (AvgIpc) is 3.12. The Hall–Kier alpha value is -3.20. The number of halogens is 1. The van der Waals surface area contributed by atoms with E-state index in [9.17, 15) is 0 Å². The topological polar surface area (TPSA) is 88.7 Å². The molecule has 0 bridgehead atoms. The quantitative estimate of drug-likeness (QED) is 0.569. The van der Waals surface area contributed by atoms with Gasteiger partial charge in [0.2, 0.25) is 0 Å². The van der Waals surface area contributed by atoms with Gasteiger partial charge in [-0.25, -0.2) is 4.98 Å². The highest BCUT2D eigenvalue weighted by atomic mass is 35.5. The summed E-state index contributed by atoms with van der Waals surface area (Å²) in [5, 5.41) is 14.2. The molecule has 4 aromatic rings. The monoisotopic (exact) mass is 376 g/mol. The van der Waals surface area contributed by atoms with E-state index in [1.807, 2.05) is 60.7 Å². The largest absolute Gasteiger partial charge is 0.356 e. The van der Waals surface area contributed by atoms with Crippen LogP contribution in [0, 0.1) is 11.3 Å². The lowest BCUT2D eigenvalue weighted by atomic mass is 9.94. The van der Waals surface area contributed by atoms with Crippen LogP contribution in [-0.4, -0.2) is 10.1 Å². The highest BCUT2D eigenvalue weighted by molar-refractivity contribution is 5.92. The average molecular weight is 377 g/mol. The fourth-order valence-electron chi connectivity index (χ4n) is 3.11. The summed E-state index contributed by atoms with van der Waals surface area (Å²) >= 11 is 0. The summed E-state index contributed by atoms with van der Waals surface area (Å²) in [5.41, 5.74) is 11.1. The third-order valence-corrected chi connectivity index (χ3v) is 4.34. The molecule has 2 heterocycles. The molecule has 0 aliphatic carbocycles. The van der Waals surface area contributed by atoms with Gasteiger partial charge in [0.25, 0.3) is 0 Å². The van der Waals surface area contributed by atoms with Crippen LogP contribution < -0.4 is 5.73 Å². The summed E-state index contributed by atoms with van der Waals surface area (Å²) < 4.78 is 5.45. The van der Waals surface area contributed by atoms with E-state index >= 15 is 0 Å². The lowest BCUT2D eigenvalue weighted by molar-refractivity contribution is 0.459. The number of hydrogen-bond acceptors (Lipinski definition) is 5. The minimum atomic E-state index is -0.275. The van der Waals surface area contributed by atoms with Gasteiger partial charge in [-0.1, -0.05) is 47.6 Å². The van der Waals surface area contributed by atoms with Gasteiger partial charge in [-0.15, -0.1) is 12.4 Å². The van der Waals surface area contributed by atoms with Gasteiger partial charge in [-0.3, -0.25) is 0 Å². The SMILES string of the molecule is Cl.N#Cc1cccc(C[C@H](N)c2ccccc2-c2noc3ccccc23)n1. The molecule has 0 aliphatic rings. The first-order valence-corrected chi connectivity index (χ1v) is 8.31. The highest BCUT2D eigenvalue weighted by Crippen LogP contribution is 2.33. The van der Waals surface area contributed by atoms with Crippen molar-refractivity contribution in [1.29, 1.82) is 5.26 Å². The minimum Gasteiger partial charge on any atom is -0.356 e. The predicted molar refractivity (Wildman–Crippen MR) is 106 cm³/mol. The van der Waals surface area contributed by atoms with Crippen molar-refractivity contribution >= 4 is 23.4 Å². The first-order chi connectivity index (χ1) is 12.8. The predicted octanol–water partition coefficient (Wildman–Crippen LogP) is 4.43. The second-order valence-corrected chi connectivity index (χ2v) is 6.05. The molecule has 27 heavy (non-hydrogen) atoms. The minimum absolute atomic E-state index is 0. The molecule has 0 spiro atoms. The van der Waals surface area contributed by atoms with E-state index in [0.29, 0.717) is 12.1 Å². The first-order valence-electron chi connectivity index (χ1n) is 8.31. The van der Waals surface area contributed by atoms with Crippen molar-refractivity contribution in [2.45, 2.75) is 12.5 Å². The van der Waals surface area contributed by atoms with E-state index in [-0.39, 0.29) is 18.4 Å². The van der Waals surface area contributed by atoms with E-state index in [1.54, 1.807) is 6.07 Å². The Labute approximate surface area is 162 Å². The third kappa shape index (κ3) is 3.68. The van der Waals surface area contributed by atoms with Crippen LogP contribution in [0.3, 0.4) is 0 Å². The molecular weight excluding hydrogens is 360 g/mol. The molecule has 1 atom stereocenters. The molecule has 0 radical (unpaired) electrons. The molecule has 6 heteroatoms. The van der Waals surface area contributed by atoms with Crippen molar-refractivity contribution in [2.24, 2.45) is 5.73 Å². The molecule has 2 N–H and O–H groups in total. The number of para-hydroxylation sites is 1. The Morgan fingerprint density at radius 1 is 1.00 bits per heavy atom. The molecule has 0 unspecified atom stereocenters. The number of nitrogens with two attached hydrogens (primary N) is 1. The highest BCUT2D eigenvalue weighted by Gasteiger charge is 2.18. The van der Waals surface area contributed by atoms with Crippen molar-refractivity contribution in [3.05, 3.63) is 83.7 Å². The van der Waals surface area contributed by atoms with E-state index in [1.165, 1.54) is 0 Å². The summed E-state index contributed by atoms with van der Waals surface area (Å²) in [4.78, 5) is 4.32. The molecule has 0 saturated heterocycles. The van der Waals surface area contributed by atoms with Gasteiger partial charge in [-0.2, -0.15) is 5.26 Å². The third-order valence-electron chi connectivity index (χ3n) is 4.34. The molecule has 2 aromatic carbocycles. The van der Waals surface area contributed by atoms with E-state index in [4.69, 9.17) is 15.5 Å². The molecule has 0 amide bonds. The Kier molecular flexibility index (Phi) is 5.51. The molecule has 0 saturated carbocycles. The summed E-state index contributed by atoms with van der Waals surface area (Å²) in [6.45, 7) is 0. The normalized spacial score (nSPS) is 11.6. The van der Waals surface area contributed by atoms with E-state index < -0.39 is 0 Å². The number of fused-ring (bicyclic) bond motifs is 1. The summed E-state index contributed by atoms with van der Waals surface area (Å²) in [6.07, 6.45) is 0.530. The van der Waals surface area contributed by atoms with Crippen molar-refractivity contribution in [3.8, 4) is 17.3 Å². The Balaban J connectivity index is 0.00000210. The van der Waals surface area contributed by atoms with Crippen LogP contribution in [0.1, 0.15) is 23.0 Å².